The zero-order valence-corrected chi connectivity index (χ0v) is 13.1. The molecule has 1 unspecified atom stereocenters. The standard InChI is InChI=1S/C15H22N4S/c1-4-7-16-14(9-20-15-17-10-18-19-15)13-6-5-11(2)8-12(13)3/h5-6,8,10,14,16H,4,7,9H2,1-3H3,(H,17,18,19). The van der Waals surface area contributed by atoms with Gasteiger partial charge in [-0.05, 0) is 37.9 Å². The Morgan fingerprint density at radius 2 is 2.20 bits per heavy atom. The van der Waals surface area contributed by atoms with Crippen molar-refractivity contribution in [2.24, 2.45) is 0 Å². The van der Waals surface area contributed by atoms with Gasteiger partial charge in [0.25, 0.3) is 0 Å². The van der Waals surface area contributed by atoms with Gasteiger partial charge in [-0.25, -0.2) is 4.98 Å². The van der Waals surface area contributed by atoms with Crippen molar-refractivity contribution in [2.45, 2.75) is 38.4 Å². The monoisotopic (exact) mass is 290 g/mol. The number of aromatic amines is 1. The first-order chi connectivity index (χ1) is 9.70. The molecule has 0 amide bonds. The number of nitrogens with one attached hydrogen (secondary N) is 2. The number of benzene rings is 1. The molecule has 1 atom stereocenters. The summed E-state index contributed by atoms with van der Waals surface area (Å²) in [4.78, 5) is 4.17. The van der Waals surface area contributed by atoms with Gasteiger partial charge in [-0.15, -0.1) is 0 Å². The van der Waals surface area contributed by atoms with Crippen LogP contribution < -0.4 is 5.32 Å². The van der Waals surface area contributed by atoms with Crippen LogP contribution in [-0.4, -0.2) is 27.5 Å². The molecule has 2 rings (SSSR count). The number of nitrogens with zero attached hydrogens (tertiary/aromatic N) is 2. The Morgan fingerprint density at radius 3 is 2.85 bits per heavy atom. The average Bonchev–Trinajstić information content (AvgIpc) is 2.93. The Labute approximate surface area is 124 Å². The van der Waals surface area contributed by atoms with Crippen molar-refractivity contribution >= 4 is 11.8 Å². The van der Waals surface area contributed by atoms with Crippen LogP contribution >= 0.6 is 11.8 Å². The predicted octanol–water partition coefficient (Wildman–Crippen LogP) is 3.25. The van der Waals surface area contributed by atoms with E-state index in [9.17, 15) is 0 Å². The summed E-state index contributed by atoms with van der Waals surface area (Å²) < 4.78 is 0. The van der Waals surface area contributed by atoms with Gasteiger partial charge in [0.05, 0.1) is 0 Å². The van der Waals surface area contributed by atoms with E-state index >= 15 is 0 Å². The molecule has 0 aliphatic rings. The summed E-state index contributed by atoms with van der Waals surface area (Å²) >= 11 is 1.70. The van der Waals surface area contributed by atoms with Gasteiger partial charge in [-0.3, -0.25) is 5.10 Å². The number of H-pyrrole nitrogens is 1. The van der Waals surface area contributed by atoms with E-state index in [1.54, 1.807) is 18.1 Å². The Balaban J connectivity index is 2.09. The topological polar surface area (TPSA) is 53.6 Å². The lowest BCUT2D eigenvalue weighted by Crippen LogP contribution is -2.25. The second-order valence-corrected chi connectivity index (χ2v) is 5.98. The van der Waals surface area contributed by atoms with Crippen LogP contribution in [0.15, 0.2) is 29.7 Å². The first-order valence-electron chi connectivity index (χ1n) is 6.99. The van der Waals surface area contributed by atoms with E-state index in [4.69, 9.17) is 0 Å². The smallest absolute Gasteiger partial charge is 0.183 e. The minimum absolute atomic E-state index is 0.339. The largest absolute Gasteiger partial charge is 0.309 e. The summed E-state index contributed by atoms with van der Waals surface area (Å²) in [6.07, 6.45) is 2.68. The summed E-state index contributed by atoms with van der Waals surface area (Å²) in [6, 6.07) is 7.00. The molecule has 20 heavy (non-hydrogen) atoms. The minimum atomic E-state index is 0.339. The van der Waals surface area contributed by atoms with Gasteiger partial charge >= 0.3 is 0 Å². The molecular weight excluding hydrogens is 268 g/mol. The van der Waals surface area contributed by atoms with E-state index in [2.05, 4.69) is 59.5 Å². The van der Waals surface area contributed by atoms with Crippen LogP contribution in [0.2, 0.25) is 0 Å². The van der Waals surface area contributed by atoms with Gasteiger partial charge in [-0.1, -0.05) is 42.4 Å². The molecule has 0 aliphatic heterocycles. The Morgan fingerprint density at radius 1 is 1.35 bits per heavy atom. The lowest BCUT2D eigenvalue weighted by atomic mass is 10.00. The molecule has 108 valence electrons. The highest BCUT2D eigenvalue weighted by Crippen LogP contribution is 2.25. The molecule has 5 heteroatoms. The first-order valence-corrected chi connectivity index (χ1v) is 7.98. The molecule has 0 saturated heterocycles. The van der Waals surface area contributed by atoms with Gasteiger partial charge in [0.15, 0.2) is 5.16 Å². The maximum absolute atomic E-state index is 4.17. The molecule has 0 bridgehead atoms. The minimum Gasteiger partial charge on any atom is -0.309 e. The van der Waals surface area contributed by atoms with E-state index < -0.39 is 0 Å². The zero-order valence-electron chi connectivity index (χ0n) is 12.3. The van der Waals surface area contributed by atoms with Crippen LogP contribution in [-0.2, 0) is 0 Å². The lowest BCUT2D eigenvalue weighted by Gasteiger charge is -2.20. The van der Waals surface area contributed by atoms with E-state index in [1.807, 2.05) is 0 Å². The van der Waals surface area contributed by atoms with Gasteiger partial charge in [0.2, 0.25) is 0 Å². The molecule has 0 saturated carbocycles. The summed E-state index contributed by atoms with van der Waals surface area (Å²) in [5.74, 6) is 0.944. The van der Waals surface area contributed by atoms with Crippen LogP contribution in [0.5, 0.6) is 0 Å². The van der Waals surface area contributed by atoms with E-state index in [0.29, 0.717) is 6.04 Å². The molecule has 1 aromatic carbocycles. The van der Waals surface area contributed by atoms with Crippen molar-refractivity contribution in [3.8, 4) is 0 Å². The highest BCUT2D eigenvalue weighted by atomic mass is 32.2. The van der Waals surface area contributed by atoms with Crippen molar-refractivity contribution in [2.75, 3.05) is 12.3 Å². The molecule has 1 aromatic heterocycles. The summed E-state index contributed by atoms with van der Waals surface area (Å²) in [5.41, 5.74) is 4.02. The third kappa shape index (κ3) is 4.08. The predicted molar refractivity (Wildman–Crippen MR) is 84.1 cm³/mol. The van der Waals surface area contributed by atoms with Crippen LogP contribution in [0.25, 0.3) is 0 Å². The highest BCUT2D eigenvalue weighted by Gasteiger charge is 2.14. The number of thioether (sulfide) groups is 1. The Hall–Kier alpha value is -1.33. The number of aromatic nitrogens is 3. The number of rotatable bonds is 7. The van der Waals surface area contributed by atoms with Crippen LogP contribution in [0.1, 0.15) is 36.1 Å². The van der Waals surface area contributed by atoms with Crippen molar-refractivity contribution < 1.29 is 0 Å². The maximum Gasteiger partial charge on any atom is 0.183 e. The first kappa shape index (κ1) is 15.1. The third-order valence-electron chi connectivity index (χ3n) is 3.22. The van der Waals surface area contributed by atoms with E-state index in [-0.39, 0.29) is 0 Å². The molecule has 2 aromatic rings. The summed E-state index contributed by atoms with van der Waals surface area (Å²) in [5, 5.41) is 11.3. The SMILES string of the molecule is CCCNC(CSc1ncn[nH]1)c1ccc(C)cc1C. The van der Waals surface area contributed by atoms with Crippen molar-refractivity contribution in [3.05, 3.63) is 41.2 Å². The summed E-state index contributed by atoms with van der Waals surface area (Å²) in [6.45, 7) is 7.53. The Bertz CT molecular complexity index is 525. The molecule has 4 nitrogen and oxygen atoms in total. The van der Waals surface area contributed by atoms with Crippen molar-refractivity contribution in [1.29, 1.82) is 0 Å². The molecular formula is C15H22N4S. The highest BCUT2D eigenvalue weighted by molar-refractivity contribution is 7.99. The van der Waals surface area contributed by atoms with Crippen molar-refractivity contribution in [3.63, 3.8) is 0 Å². The fraction of sp³-hybridized carbons (Fsp3) is 0.467. The molecule has 2 N–H and O–H groups in total. The zero-order chi connectivity index (χ0) is 14.4. The summed E-state index contributed by atoms with van der Waals surface area (Å²) in [7, 11) is 0. The van der Waals surface area contributed by atoms with Gasteiger partial charge in [0, 0.05) is 11.8 Å². The molecule has 1 heterocycles. The van der Waals surface area contributed by atoms with Gasteiger partial charge in [0.1, 0.15) is 6.33 Å². The molecule has 0 radical (unpaired) electrons. The van der Waals surface area contributed by atoms with Crippen LogP contribution in [0.4, 0.5) is 0 Å². The number of hydrogen-bond acceptors (Lipinski definition) is 4. The fourth-order valence-corrected chi connectivity index (χ4v) is 3.08. The third-order valence-corrected chi connectivity index (χ3v) is 4.19. The number of hydrogen-bond donors (Lipinski definition) is 2. The normalized spacial score (nSPS) is 12.6. The van der Waals surface area contributed by atoms with Crippen LogP contribution in [0, 0.1) is 13.8 Å². The van der Waals surface area contributed by atoms with E-state index in [1.165, 1.54) is 16.7 Å². The van der Waals surface area contributed by atoms with Crippen molar-refractivity contribution in [1.82, 2.24) is 20.5 Å². The van der Waals surface area contributed by atoms with E-state index in [0.717, 1.165) is 23.9 Å². The number of aryl methyl sites for hydroxylation is 2. The van der Waals surface area contributed by atoms with Gasteiger partial charge in [-0.2, -0.15) is 5.10 Å². The molecule has 0 spiro atoms. The molecule has 0 aliphatic carbocycles. The lowest BCUT2D eigenvalue weighted by molar-refractivity contribution is 0.574. The Kier molecular flexibility index (Phi) is 5.61. The fourth-order valence-electron chi connectivity index (χ4n) is 2.22. The average molecular weight is 290 g/mol. The quantitative estimate of drug-likeness (QED) is 0.769. The second kappa shape index (κ2) is 7.45. The van der Waals surface area contributed by atoms with Gasteiger partial charge < -0.3 is 5.32 Å². The maximum atomic E-state index is 4.17. The second-order valence-electron chi connectivity index (χ2n) is 4.97. The molecule has 0 fully saturated rings. The van der Waals surface area contributed by atoms with Crippen LogP contribution in [0.3, 0.4) is 0 Å².